The number of carboxylic acid groups (broad SMARTS) is 1. The molecule has 1 fully saturated rings. The summed E-state index contributed by atoms with van der Waals surface area (Å²) < 4.78 is 29.4. The second kappa shape index (κ2) is 5.67. The van der Waals surface area contributed by atoms with Crippen molar-refractivity contribution in [2.24, 2.45) is 0 Å². The van der Waals surface area contributed by atoms with Crippen LogP contribution in [0.25, 0.3) is 0 Å². The molecule has 6 heteroatoms. The Labute approximate surface area is 124 Å². The Bertz CT molecular complexity index is 642. The summed E-state index contributed by atoms with van der Waals surface area (Å²) in [5.41, 5.74) is -0.870. The van der Waals surface area contributed by atoms with Crippen molar-refractivity contribution >= 4 is 15.8 Å². The predicted octanol–water partition coefficient (Wildman–Crippen LogP) is 2.39. The standard InChI is InChI=1S/C15H20O5S/c1-20-11-7-6-8-12(21(2,18)19)13(11)15(14(16)17)9-4-3-5-10-15/h6-8H,3-5,9-10H2,1-2H3,(H,16,17). The van der Waals surface area contributed by atoms with E-state index in [4.69, 9.17) is 4.74 Å². The SMILES string of the molecule is COc1cccc(S(C)(=O)=O)c1C1(C(=O)O)CCCCC1. The van der Waals surface area contributed by atoms with Crippen LogP contribution in [-0.4, -0.2) is 32.9 Å². The van der Waals surface area contributed by atoms with Crippen LogP contribution >= 0.6 is 0 Å². The quantitative estimate of drug-likeness (QED) is 0.923. The van der Waals surface area contributed by atoms with Gasteiger partial charge in [0.1, 0.15) is 5.75 Å². The lowest BCUT2D eigenvalue weighted by Gasteiger charge is -2.35. The maximum Gasteiger partial charge on any atom is 0.314 e. The lowest BCUT2D eigenvalue weighted by atomic mass is 9.69. The van der Waals surface area contributed by atoms with Crippen molar-refractivity contribution in [2.75, 3.05) is 13.4 Å². The van der Waals surface area contributed by atoms with Gasteiger partial charge in [-0.2, -0.15) is 0 Å². The van der Waals surface area contributed by atoms with Gasteiger partial charge in [0.2, 0.25) is 0 Å². The fourth-order valence-corrected chi connectivity index (χ4v) is 4.18. The monoisotopic (exact) mass is 312 g/mol. The van der Waals surface area contributed by atoms with Gasteiger partial charge in [-0.1, -0.05) is 25.3 Å². The number of hydrogen-bond acceptors (Lipinski definition) is 4. The van der Waals surface area contributed by atoms with Crippen molar-refractivity contribution in [2.45, 2.75) is 42.4 Å². The summed E-state index contributed by atoms with van der Waals surface area (Å²) in [5, 5.41) is 9.80. The molecule has 0 unspecified atom stereocenters. The van der Waals surface area contributed by atoms with Gasteiger partial charge >= 0.3 is 5.97 Å². The van der Waals surface area contributed by atoms with E-state index in [0.29, 0.717) is 24.2 Å². The topological polar surface area (TPSA) is 80.7 Å². The molecule has 0 aliphatic heterocycles. The van der Waals surface area contributed by atoms with E-state index in [2.05, 4.69) is 0 Å². The molecular weight excluding hydrogens is 292 g/mol. The van der Waals surface area contributed by atoms with Crippen LogP contribution in [-0.2, 0) is 20.0 Å². The van der Waals surface area contributed by atoms with E-state index in [1.165, 1.54) is 13.2 Å². The van der Waals surface area contributed by atoms with Gasteiger partial charge in [0.15, 0.2) is 9.84 Å². The highest BCUT2D eigenvalue weighted by Gasteiger charge is 2.46. The molecule has 21 heavy (non-hydrogen) atoms. The Morgan fingerprint density at radius 3 is 2.33 bits per heavy atom. The van der Waals surface area contributed by atoms with E-state index in [1.807, 2.05) is 0 Å². The first-order valence-electron chi connectivity index (χ1n) is 6.94. The largest absolute Gasteiger partial charge is 0.496 e. The molecule has 0 bridgehead atoms. The van der Waals surface area contributed by atoms with E-state index >= 15 is 0 Å². The van der Waals surface area contributed by atoms with E-state index in [0.717, 1.165) is 25.5 Å². The van der Waals surface area contributed by atoms with Gasteiger partial charge < -0.3 is 9.84 Å². The second-order valence-electron chi connectivity index (χ2n) is 5.55. The predicted molar refractivity (Wildman–Crippen MR) is 78.5 cm³/mol. The fourth-order valence-electron chi connectivity index (χ4n) is 3.19. The van der Waals surface area contributed by atoms with Crippen molar-refractivity contribution in [1.82, 2.24) is 0 Å². The smallest absolute Gasteiger partial charge is 0.314 e. The fraction of sp³-hybridized carbons (Fsp3) is 0.533. The lowest BCUT2D eigenvalue weighted by Crippen LogP contribution is -2.39. The molecule has 0 heterocycles. The number of benzene rings is 1. The minimum atomic E-state index is -3.53. The summed E-state index contributed by atoms with van der Waals surface area (Å²) in [6.07, 6.45) is 4.49. The van der Waals surface area contributed by atoms with E-state index in [-0.39, 0.29) is 4.90 Å². The summed E-state index contributed by atoms with van der Waals surface area (Å²) in [7, 11) is -2.10. The third-order valence-electron chi connectivity index (χ3n) is 4.20. The molecule has 0 amide bonds. The summed E-state index contributed by atoms with van der Waals surface area (Å²) >= 11 is 0. The van der Waals surface area contributed by atoms with Crippen LogP contribution < -0.4 is 4.74 Å². The zero-order valence-corrected chi connectivity index (χ0v) is 13.1. The van der Waals surface area contributed by atoms with Crippen LogP contribution in [0.5, 0.6) is 5.75 Å². The first-order valence-corrected chi connectivity index (χ1v) is 8.83. The normalized spacial score (nSPS) is 18.2. The van der Waals surface area contributed by atoms with Gasteiger partial charge in [0, 0.05) is 11.8 Å². The van der Waals surface area contributed by atoms with Crippen LogP contribution in [0.4, 0.5) is 0 Å². The number of sulfone groups is 1. The van der Waals surface area contributed by atoms with Crippen LogP contribution in [0.3, 0.4) is 0 Å². The zero-order chi connectivity index (χ0) is 15.7. The maximum absolute atomic E-state index is 12.1. The number of rotatable bonds is 4. The van der Waals surface area contributed by atoms with Gasteiger partial charge in [-0.25, -0.2) is 8.42 Å². The molecule has 2 rings (SSSR count). The third kappa shape index (κ3) is 2.77. The second-order valence-corrected chi connectivity index (χ2v) is 7.54. The molecule has 0 atom stereocenters. The Morgan fingerprint density at radius 2 is 1.86 bits per heavy atom. The lowest BCUT2D eigenvalue weighted by molar-refractivity contribution is -0.145. The molecule has 116 valence electrons. The summed E-state index contributed by atoms with van der Waals surface area (Å²) in [4.78, 5) is 12.0. The van der Waals surface area contributed by atoms with Gasteiger partial charge in [0.25, 0.3) is 0 Å². The number of methoxy groups -OCH3 is 1. The Kier molecular flexibility index (Phi) is 4.27. The van der Waals surface area contributed by atoms with Crippen molar-refractivity contribution in [3.8, 4) is 5.75 Å². The summed E-state index contributed by atoms with van der Waals surface area (Å²) in [6.45, 7) is 0. The van der Waals surface area contributed by atoms with Gasteiger partial charge in [-0.3, -0.25) is 4.79 Å². The molecule has 1 aromatic carbocycles. The first kappa shape index (κ1) is 15.8. The van der Waals surface area contributed by atoms with E-state index in [9.17, 15) is 18.3 Å². The molecule has 1 aliphatic carbocycles. The molecular formula is C15H20O5S. The summed E-state index contributed by atoms with van der Waals surface area (Å²) in [6, 6.07) is 4.67. The molecule has 0 saturated heterocycles. The average Bonchev–Trinajstić information content (AvgIpc) is 2.46. The van der Waals surface area contributed by atoms with Crippen molar-refractivity contribution in [3.63, 3.8) is 0 Å². The minimum absolute atomic E-state index is 0.0613. The van der Waals surface area contributed by atoms with Crippen LogP contribution in [0.2, 0.25) is 0 Å². The number of aliphatic carboxylic acids is 1. The van der Waals surface area contributed by atoms with Crippen molar-refractivity contribution in [1.29, 1.82) is 0 Å². The van der Waals surface area contributed by atoms with E-state index in [1.54, 1.807) is 12.1 Å². The number of carbonyl (C=O) groups is 1. The van der Waals surface area contributed by atoms with Crippen molar-refractivity contribution < 1.29 is 23.1 Å². The molecule has 1 saturated carbocycles. The Hall–Kier alpha value is -1.56. The number of carboxylic acids is 1. The van der Waals surface area contributed by atoms with Gasteiger partial charge in [-0.05, 0) is 25.0 Å². The number of ether oxygens (including phenoxy) is 1. The molecule has 1 aromatic rings. The Balaban J connectivity index is 2.78. The molecule has 0 radical (unpaired) electrons. The summed E-state index contributed by atoms with van der Waals surface area (Å²) in [5.74, 6) is -0.640. The average molecular weight is 312 g/mol. The molecule has 1 N–H and O–H groups in total. The number of hydrogen-bond donors (Lipinski definition) is 1. The van der Waals surface area contributed by atoms with Crippen LogP contribution in [0, 0.1) is 0 Å². The van der Waals surface area contributed by atoms with Crippen LogP contribution in [0.15, 0.2) is 23.1 Å². The molecule has 0 aromatic heterocycles. The maximum atomic E-state index is 12.1. The third-order valence-corrected chi connectivity index (χ3v) is 5.34. The minimum Gasteiger partial charge on any atom is -0.496 e. The van der Waals surface area contributed by atoms with Crippen LogP contribution in [0.1, 0.15) is 37.7 Å². The van der Waals surface area contributed by atoms with E-state index < -0.39 is 21.2 Å². The Morgan fingerprint density at radius 1 is 1.24 bits per heavy atom. The molecule has 5 nitrogen and oxygen atoms in total. The highest BCUT2D eigenvalue weighted by Crippen LogP contribution is 2.46. The molecule has 0 spiro atoms. The van der Waals surface area contributed by atoms with Gasteiger partial charge in [0.05, 0.1) is 17.4 Å². The van der Waals surface area contributed by atoms with Crippen molar-refractivity contribution in [3.05, 3.63) is 23.8 Å². The van der Waals surface area contributed by atoms with Gasteiger partial charge in [-0.15, -0.1) is 0 Å². The highest BCUT2D eigenvalue weighted by molar-refractivity contribution is 7.90. The highest BCUT2D eigenvalue weighted by atomic mass is 32.2. The molecule has 1 aliphatic rings. The zero-order valence-electron chi connectivity index (χ0n) is 12.3. The first-order chi connectivity index (χ1) is 9.83.